The number of hydrogen-bond acceptors (Lipinski definition) is 3. The van der Waals surface area contributed by atoms with E-state index in [4.69, 9.17) is 0 Å². The van der Waals surface area contributed by atoms with Crippen molar-refractivity contribution in [3.05, 3.63) is 36.0 Å². The van der Waals surface area contributed by atoms with Gasteiger partial charge in [0.1, 0.15) is 5.82 Å². The first-order chi connectivity index (χ1) is 9.84. The summed E-state index contributed by atoms with van der Waals surface area (Å²) < 4.78 is 0. The molecule has 3 nitrogen and oxygen atoms in total. The van der Waals surface area contributed by atoms with Gasteiger partial charge in [-0.25, -0.2) is 4.98 Å². The summed E-state index contributed by atoms with van der Waals surface area (Å²) in [6.45, 7) is 8.45. The molecule has 0 atom stereocenters. The van der Waals surface area contributed by atoms with Gasteiger partial charge in [0.05, 0.1) is 0 Å². The summed E-state index contributed by atoms with van der Waals surface area (Å²) in [6.07, 6.45) is 4.61. The van der Waals surface area contributed by atoms with Crippen molar-refractivity contribution in [3.63, 3.8) is 0 Å². The zero-order valence-electron chi connectivity index (χ0n) is 13.2. The number of aromatic nitrogens is 1. The molecular formula is C17H27N3. The normalized spacial score (nSPS) is 13.3. The summed E-state index contributed by atoms with van der Waals surface area (Å²) in [7, 11) is 1.50. The van der Waals surface area contributed by atoms with Gasteiger partial charge in [0.15, 0.2) is 0 Å². The van der Waals surface area contributed by atoms with Crippen molar-refractivity contribution < 1.29 is 0 Å². The highest BCUT2D eigenvalue weighted by Gasteiger charge is 2.13. The van der Waals surface area contributed by atoms with E-state index in [0.717, 1.165) is 18.9 Å². The quantitative estimate of drug-likeness (QED) is 0.860. The predicted octanol–water partition coefficient (Wildman–Crippen LogP) is 3.74. The number of pyridine rings is 1. The molecule has 1 aromatic heterocycles. The van der Waals surface area contributed by atoms with Gasteiger partial charge >= 0.3 is 0 Å². The highest BCUT2D eigenvalue weighted by molar-refractivity contribution is 5.86. The molecule has 1 saturated heterocycles. The summed E-state index contributed by atoms with van der Waals surface area (Å²) in [5.74, 6) is 1.13. The number of benzene rings is 1. The number of rotatable bonds is 1. The van der Waals surface area contributed by atoms with Crippen LogP contribution in [-0.4, -0.2) is 25.1 Å². The van der Waals surface area contributed by atoms with Crippen LogP contribution in [0.15, 0.2) is 30.5 Å². The second-order valence-corrected chi connectivity index (χ2v) is 4.53. The van der Waals surface area contributed by atoms with Crippen LogP contribution in [0.3, 0.4) is 0 Å². The van der Waals surface area contributed by atoms with E-state index in [2.05, 4.69) is 46.8 Å². The first kappa shape index (κ1) is 16.4. The van der Waals surface area contributed by atoms with E-state index in [1.807, 2.05) is 20.0 Å². The number of hydrogen-bond donors (Lipinski definition) is 1. The average Bonchev–Trinajstić information content (AvgIpc) is 3.06. The Kier molecular flexibility index (Phi) is 7.02. The molecular weight excluding hydrogens is 246 g/mol. The van der Waals surface area contributed by atoms with Crippen molar-refractivity contribution in [2.24, 2.45) is 5.73 Å². The third-order valence-corrected chi connectivity index (χ3v) is 3.40. The van der Waals surface area contributed by atoms with Crippen LogP contribution in [0.1, 0.15) is 32.3 Å². The maximum absolute atomic E-state index is 4.58. The second-order valence-electron chi connectivity index (χ2n) is 4.53. The third kappa shape index (κ3) is 3.70. The molecule has 1 aromatic carbocycles. The lowest BCUT2D eigenvalue weighted by Crippen LogP contribution is -2.18. The molecule has 2 N–H and O–H groups in total. The number of fused-ring (bicyclic) bond motifs is 1. The van der Waals surface area contributed by atoms with Gasteiger partial charge < -0.3 is 10.6 Å². The van der Waals surface area contributed by atoms with Crippen LogP contribution in [0.25, 0.3) is 10.8 Å². The van der Waals surface area contributed by atoms with Gasteiger partial charge in [-0.3, -0.25) is 0 Å². The Balaban J connectivity index is 0.000000461. The molecule has 0 unspecified atom stereocenters. The van der Waals surface area contributed by atoms with Crippen molar-refractivity contribution in [3.8, 4) is 0 Å². The fourth-order valence-electron chi connectivity index (χ4n) is 2.43. The van der Waals surface area contributed by atoms with Crippen molar-refractivity contribution in [1.82, 2.24) is 4.98 Å². The van der Waals surface area contributed by atoms with E-state index in [1.165, 1.54) is 36.2 Å². The smallest absolute Gasteiger partial charge is 0.129 e. The first-order valence-corrected chi connectivity index (χ1v) is 7.53. The molecule has 0 spiro atoms. The minimum Gasteiger partial charge on any atom is -0.357 e. The fraction of sp³-hybridized carbons (Fsp3) is 0.471. The molecule has 2 aromatic rings. The van der Waals surface area contributed by atoms with Gasteiger partial charge in [0.25, 0.3) is 0 Å². The van der Waals surface area contributed by atoms with Gasteiger partial charge in [-0.1, -0.05) is 32.0 Å². The van der Waals surface area contributed by atoms with E-state index >= 15 is 0 Å². The van der Waals surface area contributed by atoms with Crippen LogP contribution in [0.2, 0.25) is 0 Å². The molecule has 20 heavy (non-hydrogen) atoms. The van der Waals surface area contributed by atoms with Crippen LogP contribution in [0.5, 0.6) is 0 Å². The standard InChI is InChI=1S/C14H16N2.C2H6.CH5N/c1-11-5-4-6-12-9-14(15-10-13(11)12)16-7-2-3-8-16;2*1-2/h4-6,9-10H,2-3,7-8H2,1H3;1-2H3;2H2,1H3. The van der Waals surface area contributed by atoms with Gasteiger partial charge in [0, 0.05) is 24.7 Å². The van der Waals surface area contributed by atoms with E-state index in [9.17, 15) is 0 Å². The number of nitrogens with zero attached hydrogens (tertiary/aromatic N) is 2. The van der Waals surface area contributed by atoms with Gasteiger partial charge in [-0.2, -0.15) is 0 Å². The Bertz CT molecular complexity index is 517. The lowest BCUT2D eigenvalue weighted by atomic mass is 10.1. The van der Waals surface area contributed by atoms with E-state index in [-0.39, 0.29) is 0 Å². The fourth-order valence-corrected chi connectivity index (χ4v) is 2.43. The molecule has 0 bridgehead atoms. The zero-order valence-corrected chi connectivity index (χ0v) is 13.2. The largest absolute Gasteiger partial charge is 0.357 e. The summed E-state index contributed by atoms with van der Waals surface area (Å²) in [4.78, 5) is 6.95. The Morgan fingerprint density at radius 2 is 1.75 bits per heavy atom. The zero-order chi connectivity index (χ0) is 15.0. The van der Waals surface area contributed by atoms with E-state index < -0.39 is 0 Å². The Hall–Kier alpha value is -1.61. The number of anilines is 1. The van der Waals surface area contributed by atoms with Crippen molar-refractivity contribution in [2.75, 3.05) is 25.0 Å². The third-order valence-electron chi connectivity index (χ3n) is 3.40. The van der Waals surface area contributed by atoms with Gasteiger partial charge in [0.2, 0.25) is 0 Å². The molecule has 0 radical (unpaired) electrons. The predicted molar refractivity (Wildman–Crippen MR) is 89.4 cm³/mol. The summed E-state index contributed by atoms with van der Waals surface area (Å²) in [5, 5.41) is 2.57. The minimum absolute atomic E-state index is 1.13. The molecule has 1 aliphatic rings. The van der Waals surface area contributed by atoms with E-state index in [0.29, 0.717) is 0 Å². The van der Waals surface area contributed by atoms with Crippen LogP contribution < -0.4 is 10.6 Å². The molecule has 1 fully saturated rings. The number of nitrogens with two attached hydrogens (primary N) is 1. The van der Waals surface area contributed by atoms with Gasteiger partial charge in [-0.05, 0) is 43.8 Å². The van der Waals surface area contributed by atoms with Crippen molar-refractivity contribution in [2.45, 2.75) is 33.6 Å². The SMILES string of the molecule is CC.CN.Cc1cccc2cc(N3CCCC3)ncc12. The highest BCUT2D eigenvalue weighted by atomic mass is 15.2. The topological polar surface area (TPSA) is 42.1 Å². The lowest BCUT2D eigenvalue weighted by molar-refractivity contribution is 0.940. The molecule has 2 heterocycles. The Morgan fingerprint density at radius 1 is 1.10 bits per heavy atom. The highest BCUT2D eigenvalue weighted by Crippen LogP contribution is 2.24. The van der Waals surface area contributed by atoms with Crippen LogP contribution in [0.4, 0.5) is 5.82 Å². The maximum atomic E-state index is 4.58. The Labute approximate surface area is 122 Å². The maximum Gasteiger partial charge on any atom is 0.129 e. The molecule has 0 saturated carbocycles. The van der Waals surface area contributed by atoms with Crippen LogP contribution >= 0.6 is 0 Å². The summed E-state index contributed by atoms with van der Waals surface area (Å²) in [6, 6.07) is 8.64. The van der Waals surface area contributed by atoms with Crippen LogP contribution in [0, 0.1) is 6.92 Å². The summed E-state index contributed by atoms with van der Waals surface area (Å²) >= 11 is 0. The lowest BCUT2D eigenvalue weighted by Gasteiger charge is -2.16. The molecule has 3 rings (SSSR count). The average molecular weight is 273 g/mol. The molecule has 0 amide bonds. The molecule has 0 aliphatic carbocycles. The van der Waals surface area contributed by atoms with E-state index in [1.54, 1.807) is 0 Å². The van der Waals surface area contributed by atoms with Crippen molar-refractivity contribution >= 4 is 16.6 Å². The van der Waals surface area contributed by atoms with Gasteiger partial charge in [-0.15, -0.1) is 0 Å². The second kappa shape index (κ2) is 8.54. The summed E-state index contributed by atoms with van der Waals surface area (Å²) in [5.41, 5.74) is 5.80. The number of aryl methyl sites for hydroxylation is 1. The minimum atomic E-state index is 1.13. The first-order valence-electron chi connectivity index (χ1n) is 7.53. The molecule has 1 aliphatic heterocycles. The van der Waals surface area contributed by atoms with Crippen LogP contribution in [-0.2, 0) is 0 Å². The molecule has 3 heteroatoms. The Morgan fingerprint density at radius 3 is 2.40 bits per heavy atom. The monoisotopic (exact) mass is 273 g/mol. The van der Waals surface area contributed by atoms with Crippen molar-refractivity contribution in [1.29, 1.82) is 0 Å². The molecule has 110 valence electrons.